The van der Waals surface area contributed by atoms with Crippen LogP contribution in [0.4, 0.5) is 0 Å². The zero-order valence-electron chi connectivity index (χ0n) is 21.9. The van der Waals surface area contributed by atoms with Crippen molar-refractivity contribution in [3.63, 3.8) is 0 Å². The number of imidazole rings is 1. The zero-order chi connectivity index (χ0) is 25.5. The summed E-state index contributed by atoms with van der Waals surface area (Å²) >= 11 is 0. The third-order valence-corrected chi connectivity index (χ3v) is 8.09. The zero-order valence-corrected chi connectivity index (χ0v) is 21.9. The van der Waals surface area contributed by atoms with Crippen LogP contribution in [0.1, 0.15) is 57.1 Å². The number of pyridine rings is 1. The normalized spacial score (nSPS) is 19.8. The van der Waals surface area contributed by atoms with Crippen LogP contribution in [0.5, 0.6) is 5.75 Å². The lowest BCUT2D eigenvalue weighted by Gasteiger charge is -2.36. The van der Waals surface area contributed by atoms with Gasteiger partial charge in [0.25, 0.3) is 0 Å². The molecule has 0 amide bonds. The molecule has 2 aliphatic rings. The first-order valence-corrected chi connectivity index (χ1v) is 13.5. The smallest absolute Gasteiger partial charge is 0.326 e. The Labute approximate surface area is 216 Å². The van der Waals surface area contributed by atoms with Crippen LogP contribution in [-0.2, 0) is 4.74 Å². The first-order valence-electron chi connectivity index (χ1n) is 13.5. The quantitative estimate of drug-likeness (QED) is 0.423. The monoisotopic (exact) mass is 504 g/mol. The van der Waals surface area contributed by atoms with Crippen LogP contribution < -0.4 is 10.4 Å². The molecule has 0 aliphatic carbocycles. The van der Waals surface area contributed by atoms with Crippen molar-refractivity contribution in [2.24, 2.45) is 5.92 Å². The lowest BCUT2D eigenvalue weighted by molar-refractivity contribution is 0.0459. The average Bonchev–Trinajstić information content (AvgIpc) is 3.51. The molecule has 0 radical (unpaired) electrons. The van der Waals surface area contributed by atoms with Crippen molar-refractivity contribution in [3.8, 4) is 16.9 Å². The maximum absolute atomic E-state index is 13.3. The predicted octanol–water partition coefficient (Wildman–Crippen LogP) is 4.23. The Morgan fingerprint density at radius 3 is 2.81 bits per heavy atom. The summed E-state index contributed by atoms with van der Waals surface area (Å²) in [5.41, 5.74) is 5.75. The molecule has 5 heterocycles. The van der Waals surface area contributed by atoms with E-state index in [-0.39, 0.29) is 17.6 Å². The number of aromatic nitrogens is 5. The van der Waals surface area contributed by atoms with Gasteiger partial charge in [0.05, 0.1) is 24.2 Å². The first kappa shape index (κ1) is 24.2. The molecule has 1 N–H and O–H groups in total. The van der Waals surface area contributed by atoms with Gasteiger partial charge in [0.1, 0.15) is 6.33 Å². The van der Waals surface area contributed by atoms with Crippen molar-refractivity contribution >= 4 is 16.7 Å². The Morgan fingerprint density at radius 2 is 2.03 bits per heavy atom. The molecular formula is C28H36N6O3. The number of piperidine rings is 1. The van der Waals surface area contributed by atoms with Gasteiger partial charge in [-0.25, -0.2) is 14.3 Å². The molecule has 4 aromatic rings. The number of nitrogens with zero attached hydrogens (tertiary/aromatic N) is 5. The molecule has 0 bridgehead atoms. The molecule has 196 valence electrons. The number of rotatable bonds is 6. The fourth-order valence-electron chi connectivity index (χ4n) is 6.17. The van der Waals surface area contributed by atoms with Crippen LogP contribution >= 0.6 is 0 Å². The molecule has 1 atom stereocenters. The summed E-state index contributed by atoms with van der Waals surface area (Å²) < 4.78 is 14.9. The van der Waals surface area contributed by atoms with E-state index in [4.69, 9.17) is 9.47 Å². The Kier molecular flexibility index (Phi) is 6.50. The van der Waals surface area contributed by atoms with Gasteiger partial charge in [-0.2, -0.15) is 5.10 Å². The number of likely N-dealkylation sites (tertiary alicyclic amines) is 1. The summed E-state index contributed by atoms with van der Waals surface area (Å²) in [7, 11) is 1.65. The van der Waals surface area contributed by atoms with E-state index in [1.165, 1.54) is 11.9 Å². The number of ether oxygens (including phenoxy) is 2. The maximum Gasteiger partial charge on any atom is 0.326 e. The van der Waals surface area contributed by atoms with E-state index < -0.39 is 0 Å². The second kappa shape index (κ2) is 9.95. The highest BCUT2D eigenvalue weighted by molar-refractivity contribution is 5.85. The molecular weight excluding hydrogens is 468 g/mol. The van der Waals surface area contributed by atoms with Crippen LogP contribution in [0.15, 0.2) is 35.5 Å². The number of nitrogens with one attached hydrogen (secondary N) is 1. The molecule has 6 rings (SSSR count). The molecule has 0 saturated carbocycles. The molecule has 9 heteroatoms. The SMILES string of the molecule is COc1cc(-c2cc3[nH]c(=O)n(C4CCCN(CC5CCOCC5)C4)c3cc2C(C)C)cn2ncnc12. The number of methoxy groups -OCH3 is 1. The van der Waals surface area contributed by atoms with Gasteiger partial charge in [0, 0.05) is 38.1 Å². The lowest BCUT2D eigenvalue weighted by Crippen LogP contribution is -2.42. The van der Waals surface area contributed by atoms with E-state index in [1.807, 2.05) is 16.8 Å². The molecule has 9 nitrogen and oxygen atoms in total. The summed E-state index contributed by atoms with van der Waals surface area (Å²) in [5.74, 6) is 1.64. The van der Waals surface area contributed by atoms with Crippen molar-refractivity contribution in [1.82, 2.24) is 29.0 Å². The van der Waals surface area contributed by atoms with Crippen molar-refractivity contribution in [2.75, 3.05) is 40.0 Å². The van der Waals surface area contributed by atoms with Gasteiger partial charge in [-0.3, -0.25) is 4.57 Å². The predicted molar refractivity (Wildman–Crippen MR) is 143 cm³/mol. The Balaban J connectivity index is 1.38. The topological polar surface area (TPSA) is 89.7 Å². The lowest BCUT2D eigenvalue weighted by atomic mass is 9.92. The van der Waals surface area contributed by atoms with Crippen LogP contribution in [0, 0.1) is 5.92 Å². The first-order chi connectivity index (χ1) is 18.0. The standard InChI is InChI=1S/C28H36N6O3/c1-18(2)22-13-25-24(12-23(22)20-11-26(36-3)27-29-17-30-33(27)15-20)31-28(35)34(25)21-5-4-8-32(16-21)14-19-6-9-37-10-7-19/h11-13,15,17-19,21H,4-10,14,16H2,1-3H3,(H,31,35). The van der Waals surface area contributed by atoms with Gasteiger partial charge >= 0.3 is 5.69 Å². The molecule has 1 unspecified atom stereocenters. The summed E-state index contributed by atoms with van der Waals surface area (Å²) in [6.45, 7) is 9.27. The number of hydrogen-bond acceptors (Lipinski definition) is 6. The van der Waals surface area contributed by atoms with Crippen LogP contribution in [0.2, 0.25) is 0 Å². The highest BCUT2D eigenvalue weighted by Crippen LogP contribution is 2.36. The fraction of sp³-hybridized carbons (Fsp3) is 0.536. The average molecular weight is 505 g/mol. The molecule has 2 saturated heterocycles. The second-order valence-corrected chi connectivity index (χ2v) is 10.8. The molecule has 2 aliphatic heterocycles. The van der Waals surface area contributed by atoms with E-state index in [1.54, 1.807) is 11.6 Å². The number of aromatic amines is 1. The van der Waals surface area contributed by atoms with Gasteiger partial charge in [0.15, 0.2) is 11.4 Å². The number of fused-ring (bicyclic) bond motifs is 2. The summed E-state index contributed by atoms with van der Waals surface area (Å²) in [6, 6.07) is 6.50. The fourth-order valence-corrected chi connectivity index (χ4v) is 6.17. The van der Waals surface area contributed by atoms with Crippen LogP contribution in [0.3, 0.4) is 0 Å². The Morgan fingerprint density at radius 1 is 1.19 bits per heavy atom. The van der Waals surface area contributed by atoms with Crippen molar-refractivity contribution in [2.45, 2.75) is 51.5 Å². The molecule has 3 aromatic heterocycles. The number of benzene rings is 1. The molecule has 37 heavy (non-hydrogen) atoms. The minimum absolute atomic E-state index is 0.0240. The van der Waals surface area contributed by atoms with E-state index in [0.29, 0.717) is 17.3 Å². The highest BCUT2D eigenvalue weighted by atomic mass is 16.5. The largest absolute Gasteiger partial charge is 0.493 e. The second-order valence-electron chi connectivity index (χ2n) is 10.8. The summed E-state index contributed by atoms with van der Waals surface area (Å²) in [4.78, 5) is 23.4. The minimum atomic E-state index is -0.0240. The molecule has 0 spiro atoms. The van der Waals surface area contributed by atoms with Gasteiger partial charge in [-0.15, -0.1) is 0 Å². The summed E-state index contributed by atoms with van der Waals surface area (Å²) in [6.07, 6.45) is 7.92. The Bertz CT molecular complexity index is 1460. The van der Waals surface area contributed by atoms with E-state index in [2.05, 4.69) is 45.9 Å². The number of hydrogen-bond donors (Lipinski definition) is 1. The third-order valence-electron chi connectivity index (χ3n) is 8.09. The van der Waals surface area contributed by atoms with Gasteiger partial charge < -0.3 is 19.4 Å². The molecule has 1 aromatic carbocycles. The van der Waals surface area contributed by atoms with E-state index in [9.17, 15) is 4.79 Å². The van der Waals surface area contributed by atoms with Crippen LogP contribution in [-0.4, -0.2) is 69.0 Å². The van der Waals surface area contributed by atoms with Crippen molar-refractivity contribution in [3.05, 3.63) is 46.8 Å². The third kappa shape index (κ3) is 4.55. The van der Waals surface area contributed by atoms with Gasteiger partial charge in [0.2, 0.25) is 0 Å². The summed E-state index contributed by atoms with van der Waals surface area (Å²) in [5, 5.41) is 4.33. The number of H-pyrrole nitrogens is 1. The molecule has 2 fully saturated rings. The van der Waals surface area contributed by atoms with Crippen molar-refractivity contribution < 1.29 is 9.47 Å². The van der Waals surface area contributed by atoms with E-state index in [0.717, 1.165) is 80.7 Å². The highest BCUT2D eigenvalue weighted by Gasteiger charge is 2.27. The Hall–Kier alpha value is -3.17. The van der Waals surface area contributed by atoms with Gasteiger partial charge in [-0.1, -0.05) is 13.8 Å². The van der Waals surface area contributed by atoms with Gasteiger partial charge in [-0.05, 0) is 73.4 Å². The van der Waals surface area contributed by atoms with Crippen LogP contribution in [0.25, 0.3) is 27.8 Å². The van der Waals surface area contributed by atoms with E-state index >= 15 is 0 Å². The van der Waals surface area contributed by atoms with Crippen molar-refractivity contribution in [1.29, 1.82) is 0 Å². The maximum atomic E-state index is 13.3. The minimum Gasteiger partial charge on any atom is -0.493 e.